The third-order valence-corrected chi connectivity index (χ3v) is 5.68. The number of carbonyl (C=O) groups is 1. The fourth-order valence-electron chi connectivity index (χ4n) is 4.09. The molecule has 5 nitrogen and oxygen atoms in total. The van der Waals surface area contributed by atoms with Gasteiger partial charge in [-0.1, -0.05) is 25.0 Å². The van der Waals surface area contributed by atoms with E-state index in [4.69, 9.17) is 12.2 Å². The van der Waals surface area contributed by atoms with Crippen LogP contribution in [0.15, 0.2) is 29.1 Å². The molecule has 1 saturated carbocycles. The molecule has 1 aliphatic heterocycles. The SMILES string of the molecule is O=C(C1CCCC1)N1CC[C@H](n2c(=S)[nH]c3ccccc3c2=O)C1. The average Bonchev–Trinajstić information content (AvgIpc) is 3.26. The second-order valence-electron chi connectivity index (χ2n) is 6.86. The van der Waals surface area contributed by atoms with E-state index in [0.717, 1.165) is 37.6 Å². The van der Waals surface area contributed by atoms with Gasteiger partial charge >= 0.3 is 0 Å². The van der Waals surface area contributed by atoms with Gasteiger partial charge in [0.25, 0.3) is 5.56 Å². The van der Waals surface area contributed by atoms with Crippen molar-refractivity contribution in [3.63, 3.8) is 0 Å². The highest BCUT2D eigenvalue weighted by molar-refractivity contribution is 7.71. The summed E-state index contributed by atoms with van der Waals surface area (Å²) in [5.41, 5.74) is 0.704. The molecular weight excluding hydrogens is 322 g/mol. The van der Waals surface area contributed by atoms with Crippen molar-refractivity contribution in [2.75, 3.05) is 13.1 Å². The van der Waals surface area contributed by atoms with E-state index in [1.165, 1.54) is 0 Å². The summed E-state index contributed by atoms with van der Waals surface area (Å²) in [6.07, 6.45) is 5.12. The lowest BCUT2D eigenvalue weighted by Crippen LogP contribution is -2.35. The van der Waals surface area contributed by atoms with Gasteiger partial charge in [-0.05, 0) is 43.6 Å². The van der Waals surface area contributed by atoms with Crippen LogP contribution in [0.3, 0.4) is 0 Å². The first-order chi connectivity index (χ1) is 11.6. The van der Waals surface area contributed by atoms with E-state index in [1.807, 2.05) is 29.2 Å². The smallest absolute Gasteiger partial charge is 0.262 e. The number of benzene rings is 1. The Bertz CT molecular complexity index is 895. The number of fused-ring (bicyclic) bond motifs is 1. The van der Waals surface area contributed by atoms with Crippen LogP contribution in [0.25, 0.3) is 10.9 Å². The Labute approximate surface area is 145 Å². The minimum Gasteiger partial charge on any atom is -0.340 e. The summed E-state index contributed by atoms with van der Waals surface area (Å²) in [5, 5.41) is 0.645. The fraction of sp³-hybridized carbons (Fsp3) is 0.500. The Hall–Kier alpha value is -1.95. The second-order valence-corrected chi connectivity index (χ2v) is 7.25. The number of rotatable bonds is 2. The third-order valence-electron chi connectivity index (χ3n) is 5.38. The summed E-state index contributed by atoms with van der Waals surface area (Å²) in [5.74, 6) is 0.449. The molecule has 2 aliphatic rings. The first kappa shape index (κ1) is 15.6. The van der Waals surface area contributed by atoms with Gasteiger partial charge in [-0.25, -0.2) is 0 Å². The molecular formula is C18H21N3O2S. The highest BCUT2D eigenvalue weighted by Gasteiger charge is 2.33. The van der Waals surface area contributed by atoms with Crippen molar-refractivity contribution < 1.29 is 4.79 Å². The van der Waals surface area contributed by atoms with Gasteiger partial charge < -0.3 is 9.88 Å². The van der Waals surface area contributed by atoms with Crippen molar-refractivity contribution in [1.29, 1.82) is 0 Å². The minimum atomic E-state index is -0.0606. The summed E-state index contributed by atoms with van der Waals surface area (Å²) in [7, 11) is 0. The lowest BCUT2D eigenvalue weighted by atomic mass is 10.1. The van der Waals surface area contributed by atoms with Crippen molar-refractivity contribution in [2.45, 2.75) is 38.1 Å². The summed E-state index contributed by atoms with van der Waals surface area (Å²) < 4.78 is 2.11. The quantitative estimate of drug-likeness (QED) is 0.853. The Morgan fingerprint density at radius 1 is 1.17 bits per heavy atom. The van der Waals surface area contributed by atoms with Crippen molar-refractivity contribution in [1.82, 2.24) is 14.5 Å². The number of hydrogen-bond acceptors (Lipinski definition) is 3. The molecule has 2 heterocycles. The molecule has 1 aromatic carbocycles. The summed E-state index contributed by atoms with van der Waals surface area (Å²) in [6, 6.07) is 7.39. The minimum absolute atomic E-state index is 0.0313. The van der Waals surface area contributed by atoms with Gasteiger partial charge in [-0.2, -0.15) is 0 Å². The van der Waals surface area contributed by atoms with Gasteiger partial charge in [-0.15, -0.1) is 0 Å². The zero-order chi connectivity index (χ0) is 16.7. The van der Waals surface area contributed by atoms with E-state index in [9.17, 15) is 9.59 Å². The number of H-pyrrole nitrogens is 1. The topological polar surface area (TPSA) is 58.1 Å². The first-order valence-corrected chi connectivity index (χ1v) is 9.08. The summed E-state index contributed by atoms with van der Waals surface area (Å²) in [6.45, 7) is 1.30. The van der Waals surface area contributed by atoms with E-state index < -0.39 is 0 Å². The number of carbonyl (C=O) groups excluding carboxylic acids is 1. The molecule has 1 amide bonds. The average molecular weight is 343 g/mol. The molecule has 1 aromatic heterocycles. The number of nitrogens with zero attached hydrogens (tertiary/aromatic N) is 2. The molecule has 0 unspecified atom stereocenters. The number of para-hydroxylation sites is 1. The van der Waals surface area contributed by atoms with E-state index in [0.29, 0.717) is 23.2 Å². The second kappa shape index (κ2) is 6.16. The van der Waals surface area contributed by atoms with Crippen LogP contribution in [-0.4, -0.2) is 33.4 Å². The predicted molar refractivity (Wildman–Crippen MR) is 95.6 cm³/mol. The Balaban J connectivity index is 1.63. The van der Waals surface area contributed by atoms with E-state index in [2.05, 4.69) is 4.98 Å². The first-order valence-electron chi connectivity index (χ1n) is 8.67. The Morgan fingerprint density at radius 2 is 1.92 bits per heavy atom. The summed E-state index contributed by atoms with van der Waals surface area (Å²) in [4.78, 5) is 30.5. The van der Waals surface area contributed by atoms with Gasteiger partial charge in [0.1, 0.15) is 0 Å². The van der Waals surface area contributed by atoms with Crippen LogP contribution in [0.1, 0.15) is 38.1 Å². The van der Waals surface area contributed by atoms with E-state index in [-0.39, 0.29) is 23.4 Å². The molecule has 4 rings (SSSR count). The molecule has 0 radical (unpaired) electrons. The molecule has 0 spiro atoms. The standard InChI is InChI=1S/C18H21N3O2S/c22-16(12-5-1-2-6-12)20-10-9-13(11-20)21-17(23)14-7-3-4-8-15(14)19-18(21)24/h3-4,7-8,12-13H,1-2,5-6,9-11H2,(H,19,24)/t13-/m0/s1. The zero-order valence-electron chi connectivity index (χ0n) is 13.5. The molecule has 2 aromatic rings. The fourth-order valence-corrected chi connectivity index (χ4v) is 4.43. The van der Waals surface area contributed by atoms with Gasteiger partial charge in [0.2, 0.25) is 5.91 Å². The predicted octanol–water partition coefficient (Wildman–Crippen LogP) is 3.02. The largest absolute Gasteiger partial charge is 0.340 e. The zero-order valence-corrected chi connectivity index (χ0v) is 14.3. The highest BCUT2D eigenvalue weighted by atomic mass is 32.1. The lowest BCUT2D eigenvalue weighted by Gasteiger charge is -2.21. The number of nitrogens with one attached hydrogen (secondary N) is 1. The molecule has 1 aliphatic carbocycles. The van der Waals surface area contributed by atoms with Gasteiger partial charge in [0.05, 0.1) is 16.9 Å². The molecule has 1 atom stereocenters. The van der Waals surface area contributed by atoms with E-state index >= 15 is 0 Å². The highest BCUT2D eigenvalue weighted by Crippen LogP contribution is 2.30. The van der Waals surface area contributed by atoms with Crippen molar-refractivity contribution in [3.8, 4) is 0 Å². The Kier molecular flexibility index (Phi) is 4.00. The van der Waals surface area contributed by atoms with E-state index in [1.54, 1.807) is 4.57 Å². The molecule has 1 N–H and O–H groups in total. The maximum atomic E-state index is 12.8. The molecule has 1 saturated heterocycles. The third kappa shape index (κ3) is 2.59. The normalized spacial score (nSPS) is 21.7. The monoisotopic (exact) mass is 343 g/mol. The van der Waals surface area contributed by atoms with Gasteiger partial charge in [0.15, 0.2) is 4.77 Å². The van der Waals surface area contributed by atoms with Gasteiger partial charge in [-0.3, -0.25) is 14.2 Å². The van der Waals surface area contributed by atoms with Crippen LogP contribution in [0.5, 0.6) is 0 Å². The maximum absolute atomic E-state index is 12.8. The number of aromatic amines is 1. The van der Waals surface area contributed by atoms with Crippen LogP contribution in [0.4, 0.5) is 0 Å². The van der Waals surface area contributed by atoms with Crippen molar-refractivity contribution in [3.05, 3.63) is 39.4 Å². The number of aromatic nitrogens is 2. The van der Waals surface area contributed by atoms with Crippen LogP contribution in [-0.2, 0) is 4.79 Å². The summed E-state index contributed by atoms with van der Waals surface area (Å²) >= 11 is 5.42. The number of hydrogen-bond donors (Lipinski definition) is 1. The van der Waals surface area contributed by atoms with Crippen LogP contribution in [0, 0.1) is 10.7 Å². The number of amides is 1. The van der Waals surface area contributed by atoms with Crippen molar-refractivity contribution >= 4 is 29.0 Å². The lowest BCUT2D eigenvalue weighted by molar-refractivity contribution is -0.134. The Morgan fingerprint density at radius 3 is 2.71 bits per heavy atom. The van der Waals surface area contributed by atoms with Crippen molar-refractivity contribution in [2.24, 2.45) is 5.92 Å². The molecule has 2 fully saturated rings. The molecule has 0 bridgehead atoms. The van der Waals surface area contributed by atoms with Crippen LogP contribution in [0.2, 0.25) is 0 Å². The molecule has 24 heavy (non-hydrogen) atoms. The number of likely N-dealkylation sites (tertiary alicyclic amines) is 1. The molecule has 6 heteroatoms. The molecule has 126 valence electrons. The van der Waals surface area contributed by atoms with Crippen LogP contribution < -0.4 is 5.56 Å². The van der Waals surface area contributed by atoms with Crippen LogP contribution >= 0.6 is 12.2 Å². The maximum Gasteiger partial charge on any atom is 0.262 e. The van der Waals surface area contributed by atoms with Gasteiger partial charge in [0, 0.05) is 19.0 Å².